The molecule has 1 N–H and O–H groups in total. The normalized spacial score (nSPS) is 12.8. The molecule has 47 heavy (non-hydrogen) atoms. The molecule has 0 bridgehead atoms. The summed E-state index contributed by atoms with van der Waals surface area (Å²) in [5.41, 5.74) is 6.15. The Hall–Kier alpha value is -4.98. The van der Waals surface area contributed by atoms with Crippen LogP contribution >= 0.6 is 0 Å². The number of alkyl carbamates (subject to hydrolysis) is 1. The predicted molar refractivity (Wildman–Crippen MR) is 184 cm³/mol. The zero-order valence-corrected chi connectivity index (χ0v) is 26.8. The van der Waals surface area contributed by atoms with Crippen LogP contribution in [0.4, 0.5) is 4.79 Å². The smallest absolute Gasteiger partial charge is 0.408 e. The molecule has 6 rings (SSSR count). The Morgan fingerprint density at radius 1 is 0.723 bits per heavy atom. The Kier molecular flexibility index (Phi) is 10.3. The second-order valence-electron chi connectivity index (χ2n) is 11.6. The first-order valence-corrected chi connectivity index (χ1v) is 16.2. The summed E-state index contributed by atoms with van der Waals surface area (Å²) in [6.07, 6.45) is -1.29. The molecule has 0 aromatic heterocycles. The molecule has 2 amide bonds. The van der Waals surface area contributed by atoms with Gasteiger partial charge in [-0.1, -0.05) is 115 Å². The summed E-state index contributed by atoms with van der Waals surface area (Å²) in [6.45, 7) is 5.29. The molecular weight excluding hydrogens is 588 g/mol. The Morgan fingerprint density at radius 2 is 1.32 bits per heavy atom. The second kappa shape index (κ2) is 15.1. The number of benzene rings is 5. The highest BCUT2D eigenvalue weighted by Gasteiger charge is 2.32. The Balaban J connectivity index is 1.25. The van der Waals surface area contributed by atoms with E-state index in [1.54, 1.807) is 4.90 Å². The summed E-state index contributed by atoms with van der Waals surface area (Å²) in [7, 11) is 0. The average molecular weight is 629 g/mol. The van der Waals surface area contributed by atoms with Crippen LogP contribution in [0.3, 0.4) is 0 Å². The highest BCUT2D eigenvalue weighted by molar-refractivity contribution is 5.88. The summed E-state index contributed by atoms with van der Waals surface area (Å²) in [4.78, 5) is 29.7. The quantitative estimate of drug-likeness (QED) is 0.134. The molecule has 1 aliphatic carbocycles. The zero-order chi connectivity index (χ0) is 32.6. The van der Waals surface area contributed by atoms with Gasteiger partial charge < -0.3 is 24.4 Å². The van der Waals surface area contributed by atoms with Crippen molar-refractivity contribution in [2.75, 3.05) is 26.4 Å². The van der Waals surface area contributed by atoms with Crippen LogP contribution in [0, 0.1) is 0 Å². The number of hydrogen-bond acceptors (Lipinski definition) is 5. The molecule has 1 aliphatic rings. The Labute approximate surface area is 276 Å². The van der Waals surface area contributed by atoms with E-state index >= 15 is 0 Å². The largest absolute Gasteiger partial charge is 0.449 e. The molecule has 0 spiro atoms. The molecule has 0 radical (unpaired) electrons. The highest BCUT2D eigenvalue weighted by atomic mass is 16.7. The van der Waals surface area contributed by atoms with Gasteiger partial charge in [-0.3, -0.25) is 4.79 Å². The van der Waals surface area contributed by atoms with Crippen LogP contribution in [0.2, 0.25) is 0 Å². The molecule has 5 aromatic rings. The molecule has 5 aromatic carbocycles. The van der Waals surface area contributed by atoms with Crippen LogP contribution in [0.5, 0.6) is 0 Å². The van der Waals surface area contributed by atoms with Crippen LogP contribution in [-0.2, 0) is 25.5 Å². The van der Waals surface area contributed by atoms with Crippen LogP contribution in [0.15, 0.2) is 121 Å². The summed E-state index contributed by atoms with van der Waals surface area (Å²) in [5, 5.41) is 5.11. The van der Waals surface area contributed by atoms with Crippen LogP contribution in [0.1, 0.15) is 48.1 Å². The van der Waals surface area contributed by atoms with Gasteiger partial charge in [0.25, 0.3) is 0 Å². The second-order valence-corrected chi connectivity index (χ2v) is 11.6. The maximum Gasteiger partial charge on any atom is 0.408 e. The standard InChI is InChI=1S/C40H40N2O5/c1-3-45-37(46-4-2)26-42(25-28-22-23-29-14-8-9-17-31(29)24-28)39(43)38(30-15-6-5-7-16-30)41-40(44)47-27-36-34-20-12-10-18-32(34)33-19-11-13-21-35(33)36/h5-24,36-38H,3-4,25-27H2,1-2H3,(H,41,44)/t38-/m0/s1. The fourth-order valence-corrected chi connectivity index (χ4v) is 6.37. The highest BCUT2D eigenvalue weighted by Crippen LogP contribution is 2.44. The molecule has 0 saturated carbocycles. The third-order valence-corrected chi connectivity index (χ3v) is 8.56. The van der Waals surface area contributed by atoms with Crippen molar-refractivity contribution in [3.63, 3.8) is 0 Å². The number of rotatable bonds is 13. The monoisotopic (exact) mass is 628 g/mol. The van der Waals surface area contributed by atoms with Crippen molar-refractivity contribution < 1.29 is 23.8 Å². The van der Waals surface area contributed by atoms with E-state index in [4.69, 9.17) is 14.2 Å². The number of amides is 2. The first kappa shape index (κ1) is 32.0. The van der Waals surface area contributed by atoms with Gasteiger partial charge in [0.15, 0.2) is 6.29 Å². The first-order valence-electron chi connectivity index (χ1n) is 16.2. The molecule has 0 fully saturated rings. The molecule has 7 nitrogen and oxygen atoms in total. The van der Waals surface area contributed by atoms with Crippen molar-refractivity contribution in [2.45, 2.75) is 38.6 Å². The lowest BCUT2D eigenvalue weighted by atomic mass is 9.98. The van der Waals surface area contributed by atoms with E-state index in [-0.39, 0.29) is 25.0 Å². The number of carbonyl (C=O) groups excluding carboxylic acids is 2. The number of fused-ring (bicyclic) bond motifs is 4. The Morgan fingerprint density at radius 3 is 1.98 bits per heavy atom. The van der Waals surface area contributed by atoms with E-state index in [0.29, 0.717) is 25.3 Å². The van der Waals surface area contributed by atoms with Gasteiger partial charge in [0.05, 0.1) is 6.54 Å². The molecule has 0 saturated heterocycles. The van der Waals surface area contributed by atoms with Crippen molar-refractivity contribution in [2.24, 2.45) is 0 Å². The van der Waals surface area contributed by atoms with E-state index in [9.17, 15) is 9.59 Å². The summed E-state index contributed by atoms with van der Waals surface area (Å²) in [5.74, 6) is -0.385. The molecule has 1 atom stereocenters. The lowest BCUT2D eigenvalue weighted by molar-refractivity contribution is -0.161. The number of nitrogens with one attached hydrogen (secondary N) is 1. The van der Waals surface area contributed by atoms with Gasteiger partial charge in [-0.25, -0.2) is 4.79 Å². The van der Waals surface area contributed by atoms with Crippen LogP contribution < -0.4 is 5.32 Å². The van der Waals surface area contributed by atoms with Gasteiger partial charge >= 0.3 is 6.09 Å². The Bertz CT molecular complexity index is 1770. The van der Waals surface area contributed by atoms with Crippen molar-refractivity contribution in [1.29, 1.82) is 0 Å². The molecule has 0 heterocycles. The zero-order valence-electron chi connectivity index (χ0n) is 26.8. The van der Waals surface area contributed by atoms with E-state index < -0.39 is 18.4 Å². The van der Waals surface area contributed by atoms with Gasteiger partial charge in [-0.15, -0.1) is 0 Å². The maximum atomic E-state index is 14.5. The van der Waals surface area contributed by atoms with Crippen molar-refractivity contribution >= 4 is 22.8 Å². The van der Waals surface area contributed by atoms with Gasteiger partial charge in [-0.2, -0.15) is 0 Å². The van der Waals surface area contributed by atoms with Gasteiger partial charge in [0.2, 0.25) is 5.91 Å². The van der Waals surface area contributed by atoms with E-state index in [2.05, 4.69) is 53.8 Å². The van der Waals surface area contributed by atoms with Crippen molar-refractivity contribution in [3.8, 4) is 11.1 Å². The molecule has 0 unspecified atom stereocenters. The van der Waals surface area contributed by atoms with E-state index in [0.717, 1.165) is 38.6 Å². The predicted octanol–water partition coefficient (Wildman–Crippen LogP) is 7.85. The fraction of sp³-hybridized carbons (Fsp3) is 0.250. The minimum atomic E-state index is -0.990. The summed E-state index contributed by atoms with van der Waals surface area (Å²) >= 11 is 0. The van der Waals surface area contributed by atoms with Gasteiger partial charge in [0, 0.05) is 25.7 Å². The third-order valence-electron chi connectivity index (χ3n) is 8.56. The molecule has 7 heteroatoms. The van der Waals surface area contributed by atoms with E-state index in [1.165, 1.54) is 0 Å². The SMILES string of the molecule is CCOC(CN(Cc1ccc2ccccc2c1)C(=O)[C@@H](NC(=O)OCC1c2ccccc2-c2ccccc21)c1ccccc1)OCC. The third kappa shape index (κ3) is 7.38. The minimum absolute atomic E-state index is 0.0958. The molecule has 240 valence electrons. The maximum absolute atomic E-state index is 14.5. The average Bonchev–Trinajstić information content (AvgIpc) is 3.43. The van der Waals surface area contributed by atoms with Crippen LogP contribution in [-0.4, -0.2) is 49.6 Å². The van der Waals surface area contributed by atoms with Gasteiger partial charge in [-0.05, 0) is 64.1 Å². The molecular formula is C40H40N2O5. The minimum Gasteiger partial charge on any atom is -0.449 e. The van der Waals surface area contributed by atoms with Crippen LogP contribution in [0.25, 0.3) is 21.9 Å². The lowest BCUT2D eigenvalue weighted by Gasteiger charge is -2.31. The number of ether oxygens (including phenoxy) is 3. The topological polar surface area (TPSA) is 77.1 Å². The number of nitrogens with zero attached hydrogens (tertiary/aromatic N) is 1. The number of hydrogen-bond donors (Lipinski definition) is 1. The fourth-order valence-electron chi connectivity index (χ4n) is 6.37. The van der Waals surface area contributed by atoms with Gasteiger partial charge in [0.1, 0.15) is 12.6 Å². The summed E-state index contributed by atoms with van der Waals surface area (Å²) in [6, 6.07) is 39.0. The number of carbonyl (C=O) groups is 2. The van der Waals surface area contributed by atoms with Crippen molar-refractivity contribution in [3.05, 3.63) is 144 Å². The molecule has 0 aliphatic heterocycles. The van der Waals surface area contributed by atoms with Crippen molar-refractivity contribution in [1.82, 2.24) is 10.2 Å². The lowest BCUT2D eigenvalue weighted by Crippen LogP contribution is -2.46. The first-order chi connectivity index (χ1) is 23.1. The van der Waals surface area contributed by atoms with E-state index in [1.807, 2.05) is 86.6 Å². The summed E-state index contributed by atoms with van der Waals surface area (Å²) < 4.78 is 17.6.